The molecular weight excluding hydrogens is 368 g/mol. The molecule has 0 aliphatic carbocycles. The predicted molar refractivity (Wildman–Crippen MR) is 119 cm³/mol. The fourth-order valence-electron chi connectivity index (χ4n) is 3.78. The highest BCUT2D eigenvalue weighted by Crippen LogP contribution is 2.25. The van der Waals surface area contributed by atoms with Gasteiger partial charge in [0.25, 0.3) is 0 Å². The number of guanidine groups is 1. The van der Waals surface area contributed by atoms with Crippen molar-refractivity contribution in [1.82, 2.24) is 15.1 Å². The van der Waals surface area contributed by atoms with Crippen LogP contribution in [0.3, 0.4) is 0 Å². The lowest BCUT2D eigenvalue weighted by atomic mass is 10.1. The van der Waals surface area contributed by atoms with E-state index in [1.165, 1.54) is 11.1 Å². The summed E-state index contributed by atoms with van der Waals surface area (Å²) in [5.41, 5.74) is 2.57. The predicted octanol–water partition coefficient (Wildman–Crippen LogP) is 3.35. The Morgan fingerprint density at radius 1 is 1.25 bits per heavy atom. The lowest BCUT2D eigenvalue weighted by Crippen LogP contribution is -2.49. The van der Waals surface area contributed by atoms with E-state index in [4.69, 9.17) is 4.99 Å². The number of carbonyl (C=O) groups is 1. The zero-order valence-corrected chi connectivity index (χ0v) is 18.3. The van der Waals surface area contributed by atoms with Crippen molar-refractivity contribution in [2.24, 2.45) is 10.9 Å². The Labute approximate surface area is 174 Å². The normalized spacial score (nSPS) is 19.9. The summed E-state index contributed by atoms with van der Waals surface area (Å²) >= 11 is 2.08. The van der Waals surface area contributed by atoms with Gasteiger partial charge in [-0.3, -0.25) is 9.79 Å². The third kappa shape index (κ3) is 5.43. The van der Waals surface area contributed by atoms with Gasteiger partial charge in [0.1, 0.15) is 0 Å². The summed E-state index contributed by atoms with van der Waals surface area (Å²) in [6, 6.07) is 8.34. The Morgan fingerprint density at radius 2 is 1.96 bits per heavy atom. The van der Waals surface area contributed by atoms with Gasteiger partial charge >= 0.3 is 0 Å². The second kappa shape index (κ2) is 10.2. The molecule has 154 valence electrons. The van der Waals surface area contributed by atoms with Crippen molar-refractivity contribution in [3.8, 4) is 0 Å². The third-order valence-corrected chi connectivity index (χ3v) is 7.02. The van der Waals surface area contributed by atoms with Gasteiger partial charge in [0.05, 0.1) is 0 Å². The maximum atomic E-state index is 12.6. The second-order valence-electron chi connectivity index (χ2n) is 7.96. The number of fused-ring (bicyclic) bond motifs is 1. The van der Waals surface area contributed by atoms with E-state index in [1.807, 2.05) is 17.0 Å². The molecule has 0 spiro atoms. The first-order chi connectivity index (χ1) is 13.6. The maximum absolute atomic E-state index is 12.6. The monoisotopic (exact) mass is 402 g/mol. The molecule has 1 aromatic carbocycles. The Hall–Kier alpha value is -1.69. The fourth-order valence-corrected chi connectivity index (χ4v) is 5.08. The van der Waals surface area contributed by atoms with E-state index in [0.29, 0.717) is 24.1 Å². The first-order valence-electron chi connectivity index (χ1n) is 10.6. The SMILES string of the molecule is CCNC(=NCCCC(=O)N1Cc2ccccc2C1)N1CCSC(C(C)C)C1. The van der Waals surface area contributed by atoms with Crippen LogP contribution in [0.5, 0.6) is 0 Å². The van der Waals surface area contributed by atoms with E-state index < -0.39 is 0 Å². The summed E-state index contributed by atoms with van der Waals surface area (Å²) < 4.78 is 0. The summed E-state index contributed by atoms with van der Waals surface area (Å²) in [4.78, 5) is 21.7. The molecule has 0 saturated carbocycles. The minimum Gasteiger partial charge on any atom is -0.357 e. The number of hydrogen-bond donors (Lipinski definition) is 1. The highest BCUT2D eigenvalue weighted by Gasteiger charge is 2.25. The molecule has 28 heavy (non-hydrogen) atoms. The average Bonchev–Trinajstić information content (AvgIpc) is 3.14. The van der Waals surface area contributed by atoms with E-state index in [-0.39, 0.29) is 5.91 Å². The van der Waals surface area contributed by atoms with Crippen LogP contribution in [0.15, 0.2) is 29.3 Å². The Kier molecular flexibility index (Phi) is 7.65. The Morgan fingerprint density at radius 3 is 2.61 bits per heavy atom. The van der Waals surface area contributed by atoms with Gasteiger partial charge in [-0.25, -0.2) is 0 Å². The third-order valence-electron chi connectivity index (χ3n) is 5.48. The number of benzene rings is 1. The van der Waals surface area contributed by atoms with Crippen molar-refractivity contribution in [3.63, 3.8) is 0 Å². The van der Waals surface area contributed by atoms with Crippen molar-refractivity contribution in [3.05, 3.63) is 35.4 Å². The summed E-state index contributed by atoms with van der Waals surface area (Å²) in [5, 5.41) is 4.10. The molecule has 1 amide bonds. The van der Waals surface area contributed by atoms with Gasteiger partial charge in [0.15, 0.2) is 5.96 Å². The zero-order valence-electron chi connectivity index (χ0n) is 17.5. The number of carbonyl (C=O) groups excluding carboxylic acids is 1. The topological polar surface area (TPSA) is 47.9 Å². The summed E-state index contributed by atoms with van der Waals surface area (Å²) in [7, 11) is 0. The number of rotatable bonds is 6. The number of thioether (sulfide) groups is 1. The van der Waals surface area contributed by atoms with Crippen molar-refractivity contribution in [1.29, 1.82) is 0 Å². The van der Waals surface area contributed by atoms with E-state index in [2.05, 4.69) is 54.9 Å². The maximum Gasteiger partial charge on any atom is 0.223 e. The van der Waals surface area contributed by atoms with Crippen LogP contribution in [0.25, 0.3) is 0 Å². The number of nitrogens with zero attached hydrogens (tertiary/aromatic N) is 3. The molecule has 3 rings (SSSR count). The molecule has 1 unspecified atom stereocenters. The molecule has 0 radical (unpaired) electrons. The van der Waals surface area contributed by atoms with Gasteiger partial charge in [0, 0.05) is 56.7 Å². The quantitative estimate of drug-likeness (QED) is 0.450. The van der Waals surface area contributed by atoms with E-state index >= 15 is 0 Å². The highest BCUT2D eigenvalue weighted by atomic mass is 32.2. The van der Waals surface area contributed by atoms with Gasteiger partial charge in [-0.15, -0.1) is 0 Å². The number of aliphatic imine (C=N–C) groups is 1. The molecule has 0 aromatic heterocycles. The molecule has 1 N–H and O–H groups in total. The van der Waals surface area contributed by atoms with Crippen LogP contribution in [-0.4, -0.2) is 58.8 Å². The molecule has 2 aliphatic rings. The molecule has 1 aromatic rings. The zero-order chi connectivity index (χ0) is 19.9. The highest BCUT2D eigenvalue weighted by molar-refractivity contribution is 8.00. The van der Waals surface area contributed by atoms with Gasteiger partial charge < -0.3 is 15.1 Å². The summed E-state index contributed by atoms with van der Waals surface area (Å²) in [6.07, 6.45) is 1.37. The molecule has 5 nitrogen and oxygen atoms in total. The number of hydrogen-bond acceptors (Lipinski definition) is 3. The van der Waals surface area contributed by atoms with Crippen molar-refractivity contribution >= 4 is 23.6 Å². The van der Waals surface area contributed by atoms with E-state index in [9.17, 15) is 4.79 Å². The van der Waals surface area contributed by atoms with Crippen LogP contribution in [0, 0.1) is 5.92 Å². The Balaban J connectivity index is 1.47. The van der Waals surface area contributed by atoms with Gasteiger partial charge in [-0.05, 0) is 30.4 Å². The summed E-state index contributed by atoms with van der Waals surface area (Å²) in [6.45, 7) is 11.9. The first kappa shape index (κ1) is 21.0. The van der Waals surface area contributed by atoms with Crippen LogP contribution < -0.4 is 5.32 Å². The molecule has 1 fully saturated rings. The lowest BCUT2D eigenvalue weighted by Gasteiger charge is -2.36. The molecule has 6 heteroatoms. The van der Waals surface area contributed by atoms with Crippen LogP contribution in [0.2, 0.25) is 0 Å². The van der Waals surface area contributed by atoms with E-state index in [1.54, 1.807) is 0 Å². The van der Waals surface area contributed by atoms with Crippen LogP contribution in [0.4, 0.5) is 0 Å². The molecular formula is C22H34N4OS. The van der Waals surface area contributed by atoms with Gasteiger partial charge in [-0.1, -0.05) is 38.1 Å². The second-order valence-corrected chi connectivity index (χ2v) is 9.30. The molecule has 2 aliphatic heterocycles. The standard InChI is InChI=1S/C22H34N4OS/c1-4-23-22(25-12-13-28-20(16-25)17(2)3)24-11-7-10-21(27)26-14-18-8-5-6-9-19(18)15-26/h5-6,8-9,17,20H,4,7,10-16H2,1-3H3,(H,23,24). The lowest BCUT2D eigenvalue weighted by molar-refractivity contribution is -0.131. The molecule has 0 bridgehead atoms. The largest absolute Gasteiger partial charge is 0.357 e. The van der Waals surface area contributed by atoms with Crippen LogP contribution >= 0.6 is 11.8 Å². The summed E-state index contributed by atoms with van der Waals surface area (Å²) in [5.74, 6) is 3.08. The van der Waals surface area contributed by atoms with Gasteiger partial charge in [0.2, 0.25) is 5.91 Å². The van der Waals surface area contributed by atoms with Crippen molar-refractivity contribution < 1.29 is 4.79 Å². The Bertz CT molecular complexity index is 666. The van der Waals surface area contributed by atoms with E-state index in [0.717, 1.165) is 50.9 Å². The van der Waals surface area contributed by atoms with Crippen LogP contribution in [0.1, 0.15) is 44.7 Å². The molecule has 1 atom stereocenters. The molecule has 1 saturated heterocycles. The van der Waals surface area contributed by atoms with Crippen LogP contribution in [-0.2, 0) is 17.9 Å². The van der Waals surface area contributed by atoms with Crippen molar-refractivity contribution in [2.75, 3.05) is 31.9 Å². The minimum atomic E-state index is 0.241. The van der Waals surface area contributed by atoms with Gasteiger partial charge in [-0.2, -0.15) is 11.8 Å². The minimum absolute atomic E-state index is 0.241. The van der Waals surface area contributed by atoms with Crippen molar-refractivity contribution in [2.45, 2.75) is 52.0 Å². The smallest absolute Gasteiger partial charge is 0.223 e. The molecule has 2 heterocycles. The average molecular weight is 403 g/mol. The number of amides is 1. The first-order valence-corrected chi connectivity index (χ1v) is 11.6. The fraction of sp³-hybridized carbons (Fsp3) is 0.636. The number of nitrogens with one attached hydrogen (secondary N) is 1.